The molecule has 0 aromatic carbocycles. The smallest absolute Gasteiger partial charge is 0.322 e. The van der Waals surface area contributed by atoms with Gasteiger partial charge in [0.25, 0.3) is 11.8 Å². The summed E-state index contributed by atoms with van der Waals surface area (Å²) in [5, 5.41) is 9.41. The maximum Gasteiger partial charge on any atom is 0.322 e. The summed E-state index contributed by atoms with van der Waals surface area (Å²) in [4.78, 5) is 44.3. The number of hydrogen-bond acceptors (Lipinski definition) is 6. The fourth-order valence-electron chi connectivity index (χ4n) is 1.77. The number of nitrogens with one attached hydrogen (secondary N) is 4. The van der Waals surface area contributed by atoms with Gasteiger partial charge in [-0.3, -0.25) is 20.2 Å². The molecule has 0 aliphatic carbocycles. The van der Waals surface area contributed by atoms with Crippen LogP contribution >= 0.6 is 21.6 Å². The Balaban J connectivity index is 1.52. The van der Waals surface area contributed by atoms with Crippen molar-refractivity contribution in [1.29, 1.82) is 0 Å². The number of amides is 6. The maximum atomic E-state index is 11.3. The Morgan fingerprint density at radius 1 is 0.750 bits per heavy atom. The minimum atomic E-state index is -0.449. The normalized spacial score (nSPS) is 25.2. The van der Waals surface area contributed by atoms with Crippen LogP contribution in [0.5, 0.6) is 0 Å². The lowest BCUT2D eigenvalue weighted by molar-refractivity contribution is -0.121. The molecule has 0 spiro atoms. The van der Waals surface area contributed by atoms with Crippen LogP contribution in [0.3, 0.4) is 0 Å². The molecule has 2 rings (SSSR count). The molecule has 2 saturated heterocycles. The highest BCUT2D eigenvalue weighted by atomic mass is 33.1. The molecule has 0 aromatic rings. The summed E-state index contributed by atoms with van der Waals surface area (Å²) in [6.45, 7) is 0. The molecule has 20 heavy (non-hydrogen) atoms. The molecule has 2 aliphatic rings. The summed E-state index contributed by atoms with van der Waals surface area (Å²) in [5.41, 5.74) is 0. The van der Waals surface area contributed by atoms with E-state index >= 15 is 0 Å². The lowest BCUT2D eigenvalue weighted by Crippen LogP contribution is -2.29. The van der Waals surface area contributed by atoms with Crippen LogP contribution in [0.15, 0.2) is 0 Å². The molecule has 0 aromatic heterocycles. The third-order valence-corrected chi connectivity index (χ3v) is 5.25. The highest BCUT2D eigenvalue weighted by Gasteiger charge is 2.29. The first-order valence-electron chi connectivity index (χ1n) is 6.03. The molecule has 110 valence electrons. The van der Waals surface area contributed by atoms with Gasteiger partial charge in [-0.05, 0) is 12.8 Å². The van der Waals surface area contributed by atoms with Crippen LogP contribution in [-0.2, 0) is 9.59 Å². The first kappa shape index (κ1) is 15.0. The summed E-state index contributed by atoms with van der Waals surface area (Å²) in [6.07, 6.45) is 1.13. The van der Waals surface area contributed by atoms with Gasteiger partial charge >= 0.3 is 12.1 Å². The molecular weight excluding hydrogens is 304 g/mol. The molecule has 10 heteroatoms. The lowest BCUT2D eigenvalue weighted by atomic mass is 10.2. The van der Waals surface area contributed by atoms with Gasteiger partial charge in [-0.15, -0.1) is 0 Å². The van der Waals surface area contributed by atoms with Gasteiger partial charge in [-0.1, -0.05) is 21.6 Å². The molecule has 0 saturated carbocycles. The molecule has 4 N–H and O–H groups in total. The molecule has 0 unspecified atom stereocenters. The molecule has 0 bridgehead atoms. The van der Waals surface area contributed by atoms with Crippen molar-refractivity contribution in [1.82, 2.24) is 21.3 Å². The van der Waals surface area contributed by atoms with E-state index in [4.69, 9.17) is 0 Å². The van der Waals surface area contributed by atoms with Crippen LogP contribution in [0.1, 0.15) is 12.8 Å². The molecular formula is C10H14N4O4S2. The fourth-order valence-corrected chi connectivity index (χ4v) is 3.96. The van der Waals surface area contributed by atoms with Crippen molar-refractivity contribution in [3.05, 3.63) is 0 Å². The minimum absolute atomic E-state index is 0.286. The predicted molar refractivity (Wildman–Crippen MR) is 75.1 cm³/mol. The van der Waals surface area contributed by atoms with E-state index in [1.165, 1.54) is 0 Å². The van der Waals surface area contributed by atoms with Crippen LogP contribution in [0, 0.1) is 0 Å². The summed E-state index contributed by atoms with van der Waals surface area (Å²) in [7, 11) is 3.14. The van der Waals surface area contributed by atoms with Crippen LogP contribution in [0.4, 0.5) is 9.59 Å². The lowest BCUT2D eigenvalue weighted by Gasteiger charge is -2.07. The molecule has 2 atom stereocenters. The zero-order valence-corrected chi connectivity index (χ0v) is 12.1. The summed E-state index contributed by atoms with van der Waals surface area (Å²) in [5.74, 6) is 0.857. The third kappa shape index (κ3) is 4.04. The highest BCUT2D eigenvalue weighted by Crippen LogP contribution is 2.24. The summed E-state index contributed by atoms with van der Waals surface area (Å²) < 4.78 is 0. The number of urea groups is 2. The largest absolute Gasteiger partial charge is 0.326 e. The zero-order chi connectivity index (χ0) is 14.5. The van der Waals surface area contributed by atoms with Crippen molar-refractivity contribution >= 4 is 45.5 Å². The van der Waals surface area contributed by atoms with E-state index in [0.29, 0.717) is 24.3 Å². The van der Waals surface area contributed by atoms with Crippen LogP contribution in [0.25, 0.3) is 0 Å². The maximum absolute atomic E-state index is 11.3. The Bertz CT molecular complexity index is 405. The quantitative estimate of drug-likeness (QED) is 0.287. The molecule has 2 aliphatic heterocycles. The van der Waals surface area contributed by atoms with Crippen molar-refractivity contribution in [2.24, 2.45) is 0 Å². The predicted octanol–water partition coefficient (Wildman–Crippen LogP) is -0.436. The van der Waals surface area contributed by atoms with E-state index in [9.17, 15) is 19.2 Å². The second kappa shape index (κ2) is 6.84. The Kier molecular flexibility index (Phi) is 5.12. The van der Waals surface area contributed by atoms with E-state index < -0.39 is 24.1 Å². The van der Waals surface area contributed by atoms with Crippen molar-refractivity contribution in [2.45, 2.75) is 24.9 Å². The monoisotopic (exact) mass is 318 g/mol. The minimum Gasteiger partial charge on any atom is -0.326 e. The zero-order valence-electron chi connectivity index (χ0n) is 10.4. The van der Waals surface area contributed by atoms with Gasteiger partial charge in [0, 0.05) is 11.5 Å². The van der Waals surface area contributed by atoms with Crippen LogP contribution in [0.2, 0.25) is 0 Å². The Morgan fingerprint density at radius 2 is 1.15 bits per heavy atom. The molecule has 2 heterocycles. The van der Waals surface area contributed by atoms with E-state index in [1.807, 2.05) is 0 Å². The van der Waals surface area contributed by atoms with Gasteiger partial charge in [0.15, 0.2) is 0 Å². The van der Waals surface area contributed by atoms with E-state index in [0.717, 1.165) is 0 Å². The van der Waals surface area contributed by atoms with Gasteiger partial charge in [-0.2, -0.15) is 0 Å². The van der Waals surface area contributed by atoms with Crippen LogP contribution < -0.4 is 21.3 Å². The van der Waals surface area contributed by atoms with Crippen molar-refractivity contribution in [3.63, 3.8) is 0 Å². The SMILES string of the molecule is O=C1NC(=O)[C@@H](CCSSCC[C@H]2NC(=O)NC2=O)N1. The average molecular weight is 318 g/mol. The molecule has 6 amide bonds. The van der Waals surface area contributed by atoms with Gasteiger partial charge in [0.1, 0.15) is 12.1 Å². The van der Waals surface area contributed by atoms with Crippen molar-refractivity contribution in [3.8, 4) is 0 Å². The Hall–Kier alpha value is -1.42. The van der Waals surface area contributed by atoms with Gasteiger partial charge in [-0.25, -0.2) is 9.59 Å². The van der Waals surface area contributed by atoms with E-state index in [-0.39, 0.29) is 11.8 Å². The van der Waals surface area contributed by atoms with Crippen molar-refractivity contribution in [2.75, 3.05) is 11.5 Å². The number of rotatable bonds is 7. The van der Waals surface area contributed by atoms with Gasteiger partial charge < -0.3 is 10.6 Å². The van der Waals surface area contributed by atoms with Crippen molar-refractivity contribution < 1.29 is 19.2 Å². The standard InChI is InChI=1S/C10H14N4O4S2/c15-7-5(11-9(17)13-7)1-3-19-20-4-2-6-8(16)14-10(18)12-6/h5-6H,1-4H2,(H2,11,13,15,17)(H2,12,14,16,18)/t5-,6-/m1/s1. The Labute approximate surface area is 123 Å². The highest BCUT2D eigenvalue weighted by molar-refractivity contribution is 8.76. The van der Waals surface area contributed by atoms with E-state index in [1.54, 1.807) is 21.6 Å². The summed E-state index contributed by atoms with van der Waals surface area (Å²) >= 11 is 0. The number of hydrogen-bond donors (Lipinski definition) is 4. The second-order valence-electron chi connectivity index (χ2n) is 4.25. The first-order valence-corrected chi connectivity index (χ1v) is 8.52. The second-order valence-corrected chi connectivity index (χ2v) is 6.95. The van der Waals surface area contributed by atoms with E-state index in [2.05, 4.69) is 21.3 Å². The third-order valence-electron chi connectivity index (χ3n) is 2.78. The first-order chi connectivity index (χ1) is 9.56. The average Bonchev–Trinajstić information content (AvgIpc) is 2.86. The fraction of sp³-hybridized carbons (Fsp3) is 0.600. The Morgan fingerprint density at radius 3 is 1.45 bits per heavy atom. The molecule has 2 fully saturated rings. The summed E-state index contributed by atoms with van der Waals surface area (Å²) in [6, 6.07) is -1.78. The number of imide groups is 2. The topological polar surface area (TPSA) is 116 Å². The van der Waals surface area contributed by atoms with Gasteiger partial charge in [0.2, 0.25) is 0 Å². The molecule has 0 radical (unpaired) electrons. The molecule has 8 nitrogen and oxygen atoms in total. The number of carbonyl (C=O) groups is 4. The number of carbonyl (C=O) groups excluding carboxylic acids is 4. The van der Waals surface area contributed by atoms with Gasteiger partial charge in [0.05, 0.1) is 0 Å². The van der Waals surface area contributed by atoms with Crippen LogP contribution in [-0.4, -0.2) is 47.5 Å².